The van der Waals surface area contributed by atoms with E-state index in [0.29, 0.717) is 12.0 Å². The minimum Gasteiger partial charge on any atom is -0.330 e. The minimum absolute atomic E-state index is 0.395. The highest BCUT2D eigenvalue weighted by molar-refractivity contribution is 9.10. The van der Waals surface area contributed by atoms with Gasteiger partial charge < -0.3 is 5.73 Å². The van der Waals surface area contributed by atoms with Gasteiger partial charge >= 0.3 is 0 Å². The van der Waals surface area contributed by atoms with Crippen molar-refractivity contribution in [3.8, 4) is 0 Å². The van der Waals surface area contributed by atoms with Gasteiger partial charge in [-0.05, 0) is 68.6 Å². The Hall–Kier alpha value is -0.0900. The summed E-state index contributed by atoms with van der Waals surface area (Å²) in [4.78, 5) is 2.57. The molecule has 0 spiro atoms. The maximum atomic E-state index is 6.18. The molecule has 0 aliphatic carbocycles. The third-order valence-corrected chi connectivity index (χ3v) is 4.91. The molecule has 1 aromatic carbocycles. The maximum Gasteiger partial charge on any atom is 0.0410 e. The lowest BCUT2D eigenvalue weighted by Crippen LogP contribution is -2.42. The van der Waals surface area contributed by atoms with E-state index in [9.17, 15) is 0 Å². The number of rotatable bonds is 4. The van der Waals surface area contributed by atoms with E-state index in [0.717, 1.165) is 29.1 Å². The summed E-state index contributed by atoms with van der Waals surface area (Å²) in [6, 6.07) is 6.46. The highest BCUT2D eigenvalue weighted by Crippen LogP contribution is 2.39. The Morgan fingerprint density at radius 2 is 2.26 bits per heavy atom. The van der Waals surface area contributed by atoms with Crippen molar-refractivity contribution >= 4 is 27.5 Å². The summed E-state index contributed by atoms with van der Waals surface area (Å²) < 4.78 is 1.14. The van der Waals surface area contributed by atoms with Crippen LogP contribution in [0.25, 0.3) is 0 Å². The summed E-state index contributed by atoms with van der Waals surface area (Å²) in [6.45, 7) is 5.26. The van der Waals surface area contributed by atoms with Gasteiger partial charge in [-0.3, -0.25) is 4.90 Å². The minimum atomic E-state index is 0.395. The van der Waals surface area contributed by atoms with Gasteiger partial charge in [-0.1, -0.05) is 34.5 Å². The van der Waals surface area contributed by atoms with Crippen LogP contribution in [0.1, 0.15) is 37.8 Å². The lowest BCUT2D eigenvalue weighted by Gasteiger charge is -2.41. The smallest absolute Gasteiger partial charge is 0.0410 e. The normalized spacial score (nSPS) is 24.6. The number of halogens is 2. The SMILES string of the molecule is CCCN1CCCC(CN)C1c1cc(Cl)ccc1Br. The molecule has 1 aliphatic heterocycles. The molecule has 2 atom stereocenters. The van der Waals surface area contributed by atoms with Gasteiger partial charge in [-0.25, -0.2) is 0 Å². The molecular weight excluding hydrogens is 324 g/mol. The zero-order chi connectivity index (χ0) is 13.8. The van der Waals surface area contributed by atoms with Crippen molar-refractivity contribution in [3.05, 3.63) is 33.3 Å². The van der Waals surface area contributed by atoms with Gasteiger partial charge in [0.15, 0.2) is 0 Å². The quantitative estimate of drug-likeness (QED) is 0.885. The molecule has 0 amide bonds. The Morgan fingerprint density at radius 3 is 2.95 bits per heavy atom. The molecule has 19 heavy (non-hydrogen) atoms. The van der Waals surface area contributed by atoms with E-state index < -0.39 is 0 Å². The van der Waals surface area contributed by atoms with Gasteiger partial charge in [0.25, 0.3) is 0 Å². The average Bonchev–Trinajstić information content (AvgIpc) is 2.42. The first kappa shape index (κ1) is 15.3. The van der Waals surface area contributed by atoms with E-state index >= 15 is 0 Å². The molecule has 4 heteroatoms. The number of benzene rings is 1. The van der Waals surface area contributed by atoms with E-state index in [1.807, 2.05) is 12.1 Å². The Labute approximate surface area is 129 Å². The predicted molar refractivity (Wildman–Crippen MR) is 85.5 cm³/mol. The first-order valence-electron chi connectivity index (χ1n) is 7.06. The molecule has 106 valence electrons. The predicted octanol–water partition coefficient (Wildman–Crippen LogP) is 4.22. The number of nitrogens with zero attached hydrogens (tertiary/aromatic N) is 1. The zero-order valence-corrected chi connectivity index (χ0v) is 13.8. The lowest BCUT2D eigenvalue weighted by molar-refractivity contribution is 0.0956. The first-order valence-corrected chi connectivity index (χ1v) is 8.23. The molecule has 0 bridgehead atoms. The molecule has 1 aliphatic rings. The average molecular weight is 346 g/mol. The Balaban J connectivity index is 2.36. The highest BCUT2D eigenvalue weighted by atomic mass is 79.9. The van der Waals surface area contributed by atoms with Crippen molar-refractivity contribution in [1.82, 2.24) is 4.90 Å². The second kappa shape index (κ2) is 7.07. The van der Waals surface area contributed by atoms with Crippen molar-refractivity contribution in [1.29, 1.82) is 0 Å². The van der Waals surface area contributed by atoms with E-state index in [1.165, 1.54) is 24.8 Å². The summed E-state index contributed by atoms with van der Waals surface area (Å²) in [5.74, 6) is 0.523. The summed E-state index contributed by atoms with van der Waals surface area (Å²) in [6.07, 6.45) is 3.63. The van der Waals surface area contributed by atoms with Crippen molar-refractivity contribution in [3.63, 3.8) is 0 Å². The van der Waals surface area contributed by atoms with E-state index in [2.05, 4.69) is 33.8 Å². The summed E-state index contributed by atoms with van der Waals surface area (Å²) in [5, 5.41) is 0.802. The van der Waals surface area contributed by atoms with Gasteiger partial charge in [0, 0.05) is 15.5 Å². The summed E-state index contributed by atoms with van der Waals surface area (Å²) >= 11 is 9.86. The molecule has 1 saturated heterocycles. The molecule has 2 N–H and O–H groups in total. The molecule has 0 radical (unpaired) electrons. The lowest BCUT2D eigenvalue weighted by atomic mass is 9.84. The molecular formula is C15H22BrClN2. The fourth-order valence-corrected chi connectivity index (χ4v) is 3.79. The van der Waals surface area contributed by atoms with Gasteiger partial charge in [-0.2, -0.15) is 0 Å². The Kier molecular flexibility index (Phi) is 5.70. The number of likely N-dealkylation sites (tertiary alicyclic amines) is 1. The highest BCUT2D eigenvalue weighted by Gasteiger charge is 2.32. The number of nitrogens with two attached hydrogens (primary N) is 1. The molecule has 1 aromatic rings. The van der Waals surface area contributed by atoms with Crippen molar-refractivity contribution in [2.75, 3.05) is 19.6 Å². The van der Waals surface area contributed by atoms with Crippen molar-refractivity contribution < 1.29 is 0 Å². The molecule has 2 rings (SSSR count). The fraction of sp³-hybridized carbons (Fsp3) is 0.600. The van der Waals surface area contributed by atoms with Crippen LogP contribution in [0.3, 0.4) is 0 Å². The Bertz CT molecular complexity index is 423. The molecule has 2 nitrogen and oxygen atoms in total. The first-order chi connectivity index (χ1) is 9.17. The maximum absolute atomic E-state index is 6.18. The number of hydrogen-bond acceptors (Lipinski definition) is 2. The van der Waals surface area contributed by atoms with Crippen LogP contribution < -0.4 is 5.73 Å². The van der Waals surface area contributed by atoms with Crippen LogP contribution >= 0.6 is 27.5 Å². The summed E-state index contributed by atoms with van der Waals surface area (Å²) in [7, 11) is 0. The second-order valence-electron chi connectivity index (χ2n) is 5.28. The third kappa shape index (κ3) is 3.52. The largest absolute Gasteiger partial charge is 0.330 e. The van der Waals surface area contributed by atoms with Crippen LogP contribution in [-0.2, 0) is 0 Å². The second-order valence-corrected chi connectivity index (χ2v) is 6.58. The van der Waals surface area contributed by atoms with Crippen LogP contribution in [0.4, 0.5) is 0 Å². The van der Waals surface area contributed by atoms with Gasteiger partial charge in [0.05, 0.1) is 0 Å². The van der Waals surface area contributed by atoms with Crippen LogP contribution in [-0.4, -0.2) is 24.5 Å². The van der Waals surface area contributed by atoms with Gasteiger partial charge in [-0.15, -0.1) is 0 Å². The third-order valence-electron chi connectivity index (χ3n) is 3.95. The number of piperidine rings is 1. The van der Waals surface area contributed by atoms with Crippen molar-refractivity contribution in [2.24, 2.45) is 11.7 Å². The monoisotopic (exact) mass is 344 g/mol. The standard InChI is InChI=1S/C15H22BrClN2/c1-2-7-19-8-3-4-11(10-18)15(19)13-9-12(17)5-6-14(13)16/h5-6,9,11,15H,2-4,7-8,10,18H2,1H3. The van der Waals surface area contributed by atoms with Crippen LogP contribution in [0.15, 0.2) is 22.7 Å². The summed E-state index contributed by atoms with van der Waals surface area (Å²) in [5.41, 5.74) is 7.29. The molecule has 1 heterocycles. The zero-order valence-electron chi connectivity index (χ0n) is 11.4. The Morgan fingerprint density at radius 1 is 1.47 bits per heavy atom. The van der Waals surface area contributed by atoms with Crippen LogP contribution in [0.2, 0.25) is 5.02 Å². The number of hydrogen-bond donors (Lipinski definition) is 1. The molecule has 1 fully saturated rings. The van der Waals surface area contributed by atoms with E-state index in [-0.39, 0.29) is 0 Å². The van der Waals surface area contributed by atoms with Crippen molar-refractivity contribution in [2.45, 2.75) is 32.2 Å². The van der Waals surface area contributed by atoms with E-state index in [1.54, 1.807) is 0 Å². The molecule has 2 unspecified atom stereocenters. The van der Waals surface area contributed by atoms with Gasteiger partial charge in [0.2, 0.25) is 0 Å². The topological polar surface area (TPSA) is 29.3 Å². The molecule has 0 saturated carbocycles. The molecule has 0 aromatic heterocycles. The van der Waals surface area contributed by atoms with Crippen LogP contribution in [0.5, 0.6) is 0 Å². The van der Waals surface area contributed by atoms with Gasteiger partial charge in [0.1, 0.15) is 0 Å². The van der Waals surface area contributed by atoms with Crippen LogP contribution in [0, 0.1) is 5.92 Å². The fourth-order valence-electron chi connectivity index (χ4n) is 3.13. The van der Waals surface area contributed by atoms with E-state index in [4.69, 9.17) is 17.3 Å².